The summed E-state index contributed by atoms with van der Waals surface area (Å²) in [6.07, 6.45) is 0.330. The van der Waals surface area contributed by atoms with Gasteiger partial charge in [0.15, 0.2) is 5.78 Å². The molecule has 0 radical (unpaired) electrons. The number of ether oxygens (including phenoxy) is 2. The maximum Gasteiger partial charge on any atom is 0.320 e. The van der Waals surface area contributed by atoms with Crippen LogP contribution in [-0.2, 0) is 23.9 Å². The van der Waals surface area contributed by atoms with E-state index in [1.54, 1.807) is 0 Å². The molecule has 0 aromatic heterocycles. The zero-order chi connectivity index (χ0) is 19.6. The number of carbonyl (C=O) groups is 3. The van der Waals surface area contributed by atoms with Crippen LogP contribution in [0.15, 0.2) is 12.2 Å². The molecule has 5 fully saturated rings. The third-order valence-electron chi connectivity index (χ3n) is 8.60. The lowest BCUT2D eigenvalue weighted by Crippen LogP contribution is -2.59. The maximum atomic E-state index is 13.0. The molecule has 4 bridgehead atoms. The van der Waals surface area contributed by atoms with Gasteiger partial charge in [-0.2, -0.15) is 0 Å². The minimum absolute atomic E-state index is 0.162. The number of hydrogen-bond acceptors (Lipinski definition) is 7. The van der Waals surface area contributed by atoms with Crippen molar-refractivity contribution in [2.75, 3.05) is 7.11 Å². The molecule has 5 aliphatic rings. The largest absolute Gasteiger partial charge is 0.469 e. The van der Waals surface area contributed by atoms with E-state index in [-0.39, 0.29) is 12.3 Å². The van der Waals surface area contributed by atoms with Gasteiger partial charge in [0.25, 0.3) is 0 Å². The Balaban J connectivity index is 1.80. The number of Topliss-reactive ketones (excluding diaryl/α,β-unsaturated/α-hetero) is 1. The molecule has 4 saturated carbocycles. The van der Waals surface area contributed by atoms with Gasteiger partial charge in [-0.25, -0.2) is 0 Å². The first kappa shape index (κ1) is 17.4. The molecule has 0 aromatic rings. The van der Waals surface area contributed by atoms with Crippen LogP contribution < -0.4 is 0 Å². The third kappa shape index (κ3) is 1.54. The average Bonchev–Trinajstić information content (AvgIpc) is 3.05. The van der Waals surface area contributed by atoms with Gasteiger partial charge in [-0.05, 0) is 43.6 Å². The minimum Gasteiger partial charge on any atom is -0.469 e. The van der Waals surface area contributed by atoms with Crippen LogP contribution in [0.4, 0.5) is 0 Å². The molecule has 1 aliphatic heterocycles. The highest BCUT2D eigenvalue weighted by Gasteiger charge is 2.86. The quantitative estimate of drug-likeness (QED) is 0.390. The zero-order valence-corrected chi connectivity index (χ0v) is 15.5. The first-order chi connectivity index (χ1) is 12.6. The van der Waals surface area contributed by atoms with Crippen LogP contribution in [0.1, 0.15) is 39.0 Å². The van der Waals surface area contributed by atoms with Gasteiger partial charge in [0.05, 0.1) is 18.6 Å². The highest BCUT2D eigenvalue weighted by molar-refractivity contribution is 6.08. The van der Waals surface area contributed by atoms with E-state index < -0.39 is 57.7 Å². The van der Waals surface area contributed by atoms with Crippen LogP contribution in [-0.4, -0.2) is 52.4 Å². The molecule has 27 heavy (non-hydrogen) atoms. The minimum atomic E-state index is -1.48. The van der Waals surface area contributed by atoms with E-state index in [4.69, 9.17) is 9.47 Å². The van der Waals surface area contributed by atoms with E-state index >= 15 is 0 Å². The van der Waals surface area contributed by atoms with Crippen molar-refractivity contribution < 1.29 is 34.1 Å². The second kappa shape index (κ2) is 4.63. The summed E-state index contributed by atoms with van der Waals surface area (Å²) in [6, 6.07) is 0. The molecule has 2 N–H and O–H groups in total. The van der Waals surface area contributed by atoms with E-state index in [9.17, 15) is 24.6 Å². The lowest BCUT2D eigenvalue weighted by atomic mass is 9.58. The Kier molecular flexibility index (Phi) is 2.98. The Hall–Kier alpha value is -1.73. The van der Waals surface area contributed by atoms with Crippen molar-refractivity contribution in [2.45, 2.75) is 56.3 Å². The molecule has 0 aromatic carbocycles. The topological polar surface area (TPSA) is 110 Å². The molecule has 146 valence electrons. The molecule has 1 saturated heterocycles. The predicted octanol–water partition coefficient (Wildman–Crippen LogP) is 0.518. The molecular formula is C20H24O7. The number of ketones is 1. The van der Waals surface area contributed by atoms with Crippen molar-refractivity contribution in [3.63, 3.8) is 0 Å². The Bertz CT molecular complexity index is 819. The van der Waals surface area contributed by atoms with Gasteiger partial charge in [0, 0.05) is 18.3 Å². The summed E-state index contributed by atoms with van der Waals surface area (Å²) in [4.78, 5) is 38.7. The smallest absolute Gasteiger partial charge is 0.320 e. The summed E-state index contributed by atoms with van der Waals surface area (Å²) in [6.45, 7) is 5.59. The van der Waals surface area contributed by atoms with Gasteiger partial charge in [-0.15, -0.1) is 0 Å². The van der Waals surface area contributed by atoms with Gasteiger partial charge < -0.3 is 19.7 Å². The van der Waals surface area contributed by atoms with Crippen molar-refractivity contribution in [2.24, 2.45) is 28.6 Å². The Morgan fingerprint density at radius 1 is 1.37 bits per heavy atom. The van der Waals surface area contributed by atoms with Crippen LogP contribution >= 0.6 is 0 Å². The van der Waals surface area contributed by atoms with Crippen molar-refractivity contribution in [3.8, 4) is 0 Å². The van der Waals surface area contributed by atoms with Gasteiger partial charge >= 0.3 is 11.9 Å². The number of esters is 2. The first-order valence-electron chi connectivity index (χ1n) is 9.51. The SMILES string of the molecule is C=C1C[C@]23C[C@@]1(O)CC[C@H]2[C@]12OC(=O)[C@](C)(C(=O)C[C@H]1O)[C@H]2[C@@H]3C(=O)OC. The number of hydrogen-bond donors (Lipinski definition) is 2. The molecule has 1 spiro atoms. The monoisotopic (exact) mass is 376 g/mol. The Morgan fingerprint density at radius 2 is 2.07 bits per heavy atom. The van der Waals surface area contributed by atoms with Gasteiger partial charge in [0.1, 0.15) is 17.1 Å². The fraction of sp³-hybridized carbons (Fsp3) is 0.750. The van der Waals surface area contributed by atoms with Crippen LogP contribution in [0.3, 0.4) is 0 Å². The molecule has 7 heteroatoms. The summed E-state index contributed by atoms with van der Waals surface area (Å²) in [5.41, 5.74) is -3.89. The predicted molar refractivity (Wildman–Crippen MR) is 90.0 cm³/mol. The van der Waals surface area contributed by atoms with E-state index in [1.165, 1.54) is 14.0 Å². The fourth-order valence-corrected chi connectivity index (χ4v) is 7.55. The van der Waals surface area contributed by atoms with Crippen molar-refractivity contribution >= 4 is 17.7 Å². The van der Waals surface area contributed by atoms with E-state index in [0.717, 1.165) is 0 Å². The van der Waals surface area contributed by atoms with Gasteiger partial charge in [0.2, 0.25) is 0 Å². The number of rotatable bonds is 1. The first-order valence-corrected chi connectivity index (χ1v) is 9.51. The lowest BCUT2D eigenvalue weighted by molar-refractivity contribution is -0.178. The normalized spacial score (nSPS) is 55.2. The highest BCUT2D eigenvalue weighted by atomic mass is 16.6. The van der Waals surface area contributed by atoms with Crippen molar-refractivity contribution in [1.82, 2.24) is 0 Å². The molecule has 8 atom stereocenters. The molecule has 4 aliphatic carbocycles. The molecule has 7 nitrogen and oxygen atoms in total. The van der Waals surface area contributed by atoms with Crippen LogP contribution in [0.25, 0.3) is 0 Å². The molecule has 1 heterocycles. The van der Waals surface area contributed by atoms with Crippen LogP contribution in [0.5, 0.6) is 0 Å². The standard InChI is InChI=1S/C20H24O7/c1-9-7-18-8-19(9,25)5-4-10(18)20-12(22)6-11(21)17(2,16(24)27-20)14(20)13(18)15(23)26-3/h10,12-14,22,25H,1,4-8H2,2-3H3/t10-,12-,13-,14-,17-,18+,19+,20+/m1/s1. The number of aliphatic hydroxyl groups is 2. The van der Waals surface area contributed by atoms with Crippen molar-refractivity contribution in [1.29, 1.82) is 0 Å². The molecule has 0 amide bonds. The second-order valence-corrected chi connectivity index (χ2v) is 9.38. The summed E-state index contributed by atoms with van der Waals surface area (Å²) in [5, 5.41) is 22.0. The van der Waals surface area contributed by atoms with Gasteiger partial charge in [-0.1, -0.05) is 6.58 Å². The lowest BCUT2D eigenvalue weighted by Gasteiger charge is -2.46. The van der Waals surface area contributed by atoms with Gasteiger partial charge in [-0.3, -0.25) is 14.4 Å². The maximum absolute atomic E-state index is 13.0. The van der Waals surface area contributed by atoms with Crippen LogP contribution in [0.2, 0.25) is 0 Å². The fourth-order valence-electron chi connectivity index (χ4n) is 7.55. The molecule has 0 unspecified atom stereocenters. The zero-order valence-electron chi connectivity index (χ0n) is 15.5. The van der Waals surface area contributed by atoms with Crippen molar-refractivity contribution in [3.05, 3.63) is 12.2 Å². The number of methoxy groups -OCH3 is 1. The van der Waals surface area contributed by atoms with E-state index in [2.05, 4.69) is 6.58 Å². The van der Waals surface area contributed by atoms with Crippen LogP contribution in [0, 0.1) is 28.6 Å². The molecule has 5 rings (SSSR count). The summed E-state index contributed by atoms with van der Waals surface area (Å²) < 4.78 is 11.0. The highest BCUT2D eigenvalue weighted by Crippen LogP contribution is 2.78. The summed E-state index contributed by atoms with van der Waals surface area (Å²) in [5.74, 6) is -3.50. The van der Waals surface area contributed by atoms with E-state index in [0.29, 0.717) is 31.3 Å². The average molecular weight is 376 g/mol. The second-order valence-electron chi connectivity index (χ2n) is 9.38. The Morgan fingerprint density at radius 3 is 2.74 bits per heavy atom. The Labute approximate surface area is 156 Å². The number of fused-ring (bicyclic) bond motifs is 1. The third-order valence-corrected chi connectivity index (χ3v) is 8.60. The summed E-state index contributed by atoms with van der Waals surface area (Å²) >= 11 is 0. The number of aliphatic hydroxyl groups excluding tert-OH is 1. The molecular weight excluding hydrogens is 352 g/mol. The summed E-state index contributed by atoms with van der Waals surface area (Å²) in [7, 11) is 1.28. The van der Waals surface area contributed by atoms with E-state index in [1.807, 2.05) is 0 Å². The number of carbonyl (C=O) groups excluding carboxylic acids is 3.